The maximum absolute atomic E-state index is 5.71. The Morgan fingerprint density at radius 3 is 3.00 bits per heavy atom. The second-order valence-electron chi connectivity index (χ2n) is 3.73. The largest absolute Gasteiger partial charge is 0.467 e. The normalized spacial score (nSPS) is 13.8. The molecule has 5 heteroatoms. The molecule has 0 aromatic carbocycles. The van der Waals surface area contributed by atoms with Crippen LogP contribution in [0, 0.1) is 6.92 Å². The molecule has 0 bridgehead atoms. The average molecular weight is 225 g/mol. The number of hydrogen-bond donors (Lipinski definition) is 2. The maximum Gasteiger partial charge on any atom is 0.189 e. The van der Waals surface area contributed by atoms with Gasteiger partial charge in [0.15, 0.2) is 5.96 Å². The standard InChI is InChI=1S/C11H19N3O2/c1-8-4-5-16-10(8)6-13-11(12)14-9(2)7-15-3/h4-5,9H,6-7H2,1-3H3,(H3,12,13,14). The molecule has 0 spiro atoms. The molecule has 0 fully saturated rings. The van der Waals surface area contributed by atoms with Crippen LogP contribution < -0.4 is 11.1 Å². The van der Waals surface area contributed by atoms with Gasteiger partial charge in [0, 0.05) is 13.2 Å². The Morgan fingerprint density at radius 1 is 1.69 bits per heavy atom. The number of guanidine groups is 1. The number of furan rings is 1. The topological polar surface area (TPSA) is 72.8 Å². The van der Waals surface area contributed by atoms with Crippen LogP contribution in [0.1, 0.15) is 18.2 Å². The molecule has 1 rings (SSSR count). The van der Waals surface area contributed by atoms with Gasteiger partial charge in [-0.05, 0) is 25.5 Å². The summed E-state index contributed by atoms with van der Waals surface area (Å²) in [6.07, 6.45) is 1.65. The van der Waals surface area contributed by atoms with Crippen LogP contribution in [0.4, 0.5) is 0 Å². The number of nitrogens with two attached hydrogens (primary N) is 1. The van der Waals surface area contributed by atoms with Gasteiger partial charge in [-0.2, -0.15) is 0 Å². The molecule has 5 nitrogen and oxygen atoms in total. The molecule has 1 heterocycles. The Morgan fingerprint density at radius 2 is 2.44 bits per heavy atom. The van der Waals surface area contributed by atoms with Gasteiger partial charge in [0.05, 0.1) is 12.9 Å². The number of methoxy groups -OCH3 is 1. The first-order chi connectivity index (χ1) is 7.63. The van der Waals surface area contributed by atoms with Gasteiger partial charge in [0.1, 0.15) is 12.3 Å². The van der Waals surface area contributed by atoms with Gasteiger partial charge >= 0.3 is 0 Å². The molecular weight excluding hydrogens is 206 g/mol. The van der Waals surface area contributed by atoms with Crippen LogP contribution in [-0.2, 0) is 11.3 Å². The number of nitrogens with one attached hydrogen (secondary N) is 1. The molecule has 3 N–H and O–H groups in total. The Balaban J connectivity index is 2.42. The minimum absolute atomic E-state index is 0.145. The quantitative estimate of drug-likeness (QED) is 0.580. The predicted octanol–water partition coefficient (Wildman–Crippen LogP) is 1.03. The van der Waals surface area contributed by atoms with Crippen molar-refractivity contribution in [3.8, 4) is 0 Å². The number of nitrogens with zero attached hydrogens (tertiary/aromatic N) is 1. The van der Waals surface area contributed by atoms with Crippen molar-refractivity contribution >= 4 is 5.96 Å². The van der Waals surface area contributed by atoms with Crippen molar-refractivity contribution in [3.63, 3.8) is 0 Å². The van der Waals surface area contributed by atoms with Crippen molar-refractivity contribution in [2.45, 2.75) is 26.4 Å². The van der Waals surface area contributed by atoms with Crippen LogP contribution in [0.2, 0.25) is 0 Å². The van der Waals surface area contributed by atoms with Crippen molar-refractivity contribution in [3.05, 3.63) is 23.7 Å². The molecule has 0 amide bonds. The lowest BCUT2D eigenvalue weighted by Gasteiger charge is -2.12. The van der Waals surface area contributed by atoms with Crippen LogP contribution in [0.3, 0.4) is 0 Å². The summed E-state index contributed by atoms with van der Waals surface area (Å²) in [5.74, 6) is 1.24. The number of ether oxygens (including phenoxy) is 1. The third-order valence-corrected chi connectivity index (χ3v) is 2.17. The van der Waals surface area contributed by atoms with E-state index < -0.39 is 0 Å². The third-order valence-electron chi connectivity index (χ3n) is 2.17. The van der Waals surface area contributed by atoms with Crippen LogP contribution in [0.5, 0.6) is 0 Å². The highest BCUT2D eigenvalue weighted by Gasteiger charge is 2.03. The fourth-order valence-corrected chi connectivity index (χ4v) is 1.31. The third kappa shape index (κ3) is 3.94. The predicted molar refractivity (Wildman–Crippen MR) is 63.2 cm³/mol. The monoisotopic (exact) mass is 225 g/mol. The zero-order chi connectivity index (χ0) is 12.0. The SMILES string of the molecule is COCC(C)NC(N)=NCc1occc1C. The van der Waals surface area contributed by atoms with Crippen LogP contribution in [-0.4, -0.2) is 25.7 Å². The first-order valence-electron chi connectivity index (χ1n) is 5.22. The van der Waals surface area contributed by atoms with Gasteiger partial charge < -0.3 is 20.2 Å². The molecule has 0 saturated heterocycles. The Labute approximate surface area is 95.7 Å². The van der Waals surface area contributed by atoms with E-state index in [1.165, 1.54) is 0 Å². The molecule has 16 heavy (non-hydrogen) atoms. The lowest BCUT2D eigenvalue weighted by atomic mass is 10.3. The van der Waals surface area contributed by atoms with Gasteiger partial charge in [0.2, 0.25) is 0 Å². The molecule has 1 aromatic heterocycles. The lowest BCUT2D eigenvalue weighted by Crippen LogP contribution is -2.40. The molecule has 0 aliphatic heterocycles. The van der Waals surface area contributed by atoms with E-state index in [2.05, 4.69) is 10.3 Å². The highest BCUT2D eigenvalue weighted by molar-refractivity contribution is 5.78. The zero-order valence-electron chi connectivity index (χ0n) is 9.99. The summed E-state index contributed by atoms with van der Waals surface area (Å²) in [5, 5.41) is 3.02. The van der Waals surface area contributed by atoms with Gasteiger partial charge in [0.25, 0.3) is 0 Å². The smallest absolute Gasteiger partial charge is 0.189 e. The summed E-state index contributed by atoms with van der Waals surface area (Å²) in [7, 11) is 1.65. The average Bonchev–Trinajstić information content (AvgIpc) is 2.61. The summed E-state index contributed by atoms with van der Waals surface area (Å²) >= 11 is 0. The van der Waals surface area contributed by atoms with E-state index in [0.717, 1.165) is 11.3 Å². The van der Waals surface area contributed by atoms with Crippen molar-refractivity contribution in [2.75, 3.05) is 13.7 Å². The Hall–Kier alpha value is -1.49. The summed E-state index contributed by atoms with van der Waals surface area (Å²) in [4.78, 5) is 4.18. The van der Waals surface area contributed by atoms with E-state index in [1.54, 1.807) is 13.4 Å². The van der Waals surface area contributed by atoms with E-state index in [0.29, 0.717) is 19.1 Å². The molecular formula is C11H19N3O2. The van der Waals surface area contributed by atoms with Gasteiger partial charge in [-0.15, -0.1) is 0 Å². The fraction of sp³-hybridized carbons (Fsp3) is 0.545. The second kappa shape index (κ2) is 6.17. The van der Waals surface area contributed by atoms with E-state index in [1.807, 2.05) is 19.9 Å². The number of rotatable bonds is 5. The number of aliphatic imine (C=N–C) groups is 1. The first-order valence-corrected chi connectivity index (χ1v) is 5.22. The maximum atomic E-state index is 5.71. The van der Waals surface area contributed by atoms with E-state index in [-0.39, 0.29) is 6.04 Å². The Kier molecular flexibility index (Phi) is 4.85. The molecule has 1 atom stereocenters. The lowest BCUT2D eigenvalue weighted by molar-refractivity contribution is 0.179. The highest BCUT2D eigenvalue weighted by atomic mass is 16.5. The zero-order valence-corrected chi connectivity index (χ0v) is 9.99. The van der Waals surface area contributed by atoms with Crippen molar-refractivity contribution in [1.29, 1.82) is 0 Å². The molecule has 1 unspecified atom stereocenters. The first kappa shape index (κ1) is 12.6. The van der Waals surface area contributed by atoms with Gasteiger partial charge in [-0.25, -0.2) is 4.99 Å². The summed E-state index contributed by atoms with van der Waals surface area (Å²) < 4.78 is 10.2. The van der Waals surface area contributed by atoms with Crippen molar-refractivity contribution in [1.82, 2.24) is 5.32 Å². The van der Waals surface area contributed by atoms with Crippen molar-refractivity contribution < 1.29 is 9.15 Å². The number of aryl methyl sites for hydroxylation is 1. The molecule has 90 valence electrons. The van der Waals surface area contributed by atoms with Gasteiger partial charge in [-0.1, -0.05) is 0 Å². The van der Waals surface area contributed by atoms with E-state index in [4.69, 9.17) is 14.9 Å². The summed E-state index contributed by atoms with van der Waals surface area (Å²) in [6.45, 7) is 5.00. The van der Waals surface area contributed by atoms with E-state index in [9.17, 15) is 0 Å². The molecule has 0 aliphatic rings. The van der Waals surface area contributed by atoms with Gasteiger partial charge in [-0.3, -0.25) is 0 Å². The number of hydrogen-bond acceptors (Lipinski definition) is 3. The van der Waals surface area contributed by atoms with Crippen LogP contribution >= 0.6 is 0 Å². The minimum atomic E-state index is 0.145. The highest BCUT2D eigenvalue weighted by Crippen LogP contribution is 2.09. The fourth-order valence-electron chi connectivity index (χ4n) is 1.31. The second-order valence-corrected chi connectivity index (χ2v) is 3.73. The molecule has 1 aromatic rings. The van der Waals surface area contributed by atoms with E-state index >= 15 is 0 Å². The minimum Gasteiger partial charge on any atom is -0.467 e. The summed E-state index contributed by atoms with van der Waals surface area (Å²) in [6, 6.07) is 2.05. The van der Waals surface area contributed by atoms with Crippen LogP contribution in [0.15, 0.2) is 21.7 Å². The molecule has 0 radical (unpaired) electrons. The summed E-state index contributed by atoms with van der Waals surface area (Å²) in [5.41, 5.74) is 6.80. The molecule has 0 aliphatic carbocycles. The van der Waals surface area contributed by atoms with Crippen molar-refractivity contribution in [2.24, 2.45) is 10.7 Å². The Bertz CT molecular complexity index is 347. The molecule has 0 saturated carbocycles. The van der Waals surface area contributed by atoms with Crippen LogP contribution in [0.25, 0.3) is 0 Å².